The normalized spacial score (nSPS) is 13.8. The monoisotopic (exact) mass is 555 g/mol. The van der Waals surface area contributed by atoms with Crippen molar-refractivity contribution in [1.82, 2.24) is 16.0 Å². The van der Waals surface area contributed by atoms with Crippen molar-refractivity contribution in [2.24, 2.45) is 11.5 Å². The fraction of sp³-hybridized carbons (Fsp3) is 0.478. The lowest BCUT2D eigenvalue weighted by Crippen LogP contribution is -2.58. The molecule has 1 aromatic rings. The molecule has 0 radical (unpaired) electrons. The molecule has 0 aliphatic carbocycles. The number of phenolic OH excluding ortho intramolecular Hbond substituents is 1. The number of primary amides is 1. The van der Waals surface area contributed by atoms with E-state index in [4.69, 9.17) is 16.6 Å². The third-order valence-electron chi connectivity index (χ3n) is 5.28. The van der Waals surface area contributed by atoms with E-state index in [9.17, 15) is 39.0 Å². The first-order valence-electron chi connectivity index (χ1n) is 11.5. The van der Waals surface area contributed by atoms with Gasteiger partial charge in [0.25, 0.3) is 0 Å². The van der Waals surface area contributed by atoms with Crippen molar-refractivity contribution in [3.8, 4) is 5.75 Å². The number of nitrogens with two attached hydrogens (primary N) is 2. The van der Waals surface area contributed by atoms with Gasteiger partial charge in [-0.3, -0.25) is 24.0 Å². The number of aromatic hydroxyl groups is 1. The van der Waals surface area contributed by atoms with Gasteiger partial charge in [-0.05, 0) is 42.5 Å². The molecule has 0 bridgehead atoms. The smallest absolute Gasteiger partial charge is 0.326 e. The Labute approximate surface area is 222 Å². The lowest BCUT2D eigenvalue weighted by molar-refractivity contribution is -0.142. The third kappa shape index (κ3) is 11.9. The van der Waals surface area contributed by atoms with Gasteiger partial charge in [-0.25, -0.2) is 4.79 Å². The topological polar surface area (TPSA) is 251 Å². The number of phenols is 1. The molecule has 0 aliphatic heterocycles. The Kier molecular flexibility index (Phi) is 13.6. The average Bonchev–Trinajstić information content (AvgIpc) is 2.84. The summed E-state index contributed by atoms with van der Waals surface area (Å²) in [4.78, 5) is 72.4. The molecule has 0 heterocycles. The minimum Gasteiger partial charge on any atom is -0.508 e. The van der Waals surface area contributed by atoms with E-state index in [1.807, 2.05) is 0 Å². The first-order chi connectivity index (χ1) is 17.8. The van der Waals surface area contributed by atoms with E-state index in [1.165, 1.54) is 36.0 Å². The fourth-order valence-electron chi connectivity index (χ4n) is 3.21. The highest BCUT2D eigenvalue weighted by Gasteiger charge is 2.31. The maximum Gasteiger partial charge on any atom is 0.326 e. The molecule has 210 valence electrons. The van der Waals surface area contributed by atoms with Gasteiger partial charge in [0.15, 0.2) is 0 Å². The van der Waals surface area contributed by atoms with Gasteiger partial charge in [-0.2, -0.15) is 11.8 Å². The molecule has 14 nitrogen and oxygen atoms in total. The van der Waals surface area contributed by atoms with Crippen molar-refractivity contribution in [3.05, 3.63) is 29.8 Å². The molecule has 0 aromatic heterocycles. The molecule has 1 aromatic carbocycles. The van der Waals surface area contributed by atoms with Crippen LogP contribution in [0.5, 0.6) is 5.75 Å². The van der Waals surface area contributed by atoms with Gasteiger partial charge in [0, 0.05) is 12.8 Å². The van der Waals surface area contributed by atoms with Crippen LogP contribution in [-0.4, -0.2) is 87.1 Å². The van der Waals surface area contributed by atoms with Crippen LogP contribution in [0.4, 0.5) is 0 Å². The van der Waals surface area contributed by atoms with Crippen LogP contribution in [0.1, 0.15) is 31.2 Å². The number of carbonyl (C=O) groups is 6. The van der Waals surface area contributed by atoms with Crippen LogP contribution in [0.2, 0.25) is 0 Å². The second kappa shape index (κ2) is 16.1. The Balaban J connectivity index is 3.13. The van der Waals surface area contributed by atoms with Crippen molar-refractivity contribution in [2.45, 2.75) is 56.3 Å². The number of thioether (sulfide) groups is 1. The molecule has 4 amide bonds. The minimum atomic E-state index is -1.54. The van der Waals surface area contributed by atoms with E-state index in [1.54, 1.807) is 6.26 Å². The number of amides is 4. The molecular formula is C23H33N5O9S. The number of benzene rings is 1. The molecule has 15 heteroatoms. The van der Waals surface area contributed by atoms with E-state index in [-0.39, 0.29) is 25.0 Å². The van der Waals surface area contributed by atoms with E-state index < -0.39 is 72.6 Å². The second-order valence-corrected chi connectivity index (χ2v) is 9.37. The molecule has 38 heavy (non-hydrogen) atoms. The fourth-order valence-corrected chi connectivity index (χ4v) is 3.69. The molecule has 0 saturated carbocycles. The molecule has 1 rings (SSSR count). The van der Waals surface area contributed by atoms with Gasteiger partial charge in [0.05, 0.1) is 12.5 Å². The number of hydrogen-bond acceptors (Lipinski definition) is 9. The minimum absolute atomic E-state index is 0.0368. The lowest BCUT2D eigenvalue weighted by Gasteiger charge is -2.25. The van der Waals surface area contributed by atoms with Crippen LogP contribution >= 0.6 is 11.8 Å². The Morgan fingerprint density at radius 1 is 0.868 bits per heavy atom. The predicted octanol–water partition coefficient (Wildman–Crippen LogP) is -1.71. The van der Waals surface area contributed by atoms with Crippen molar-refractivity contribution < 1.29 is 44.1 Å². The number of nitrogens with one attached hydrogen (secondary N) is 3. The second-order valence-electron chi connectivity index (χ2n) is 8.38. The Morgan fingerprint density at radius 2 is 1.42 bits per heavy atom. The van der Waals surface area contributed by atoms with Crippen LogP contribution < -0.4 is 27.4 Å². The lowest BCUT2D eigenvalue weighted by atomic mass is 10.0. The van der Waals surface area contributed by atoms with E-state index in [0.717, 1.165) is 0 Å². The molecule has 0 fully saturated rings. The van der Waals surface area contributed by atoms with Crippen LogP contribution in [0.15, 0.2) is 24.3 Å². The van der Waals surface area contributed by atoms with Gasteiger partial charge in [0.1, 0.15) is 23.9 Å². The quantitative estimate of drug-likeness (QED) is 0.107. The molecule has 0 aliphatic rings. The number of aliphatic carboxylic acids is 2. The molecule has 0 spiro atoms. The molecule has 4 unspecified atom stereocenters. The summed E-state index contributed by atoms with van der Waals surface area (Å²) in [6, 6.07) is 0.302. The van der Waals surface area contributed by atoms with Crippen LogP contribution in [0.3, 0.4) is 0 Å². The average molecular weight is 556 g/mol. The number of carbonyl (C=O) groups excluding carboxylic acids is 4. The van der Waals surface area contributed by atoms with Gasteiger partial charge < -0.3 is 42.7 Å². The van der Waals surface area contributed by atoms with Crippen molar-refractivity contribution in [1.29, 1.82) is 0 Å². The highest BCUT2D eigenvalue weighted by Crippen LogP contribution is 2.12. The zero-order valence-corrected chi connectivity index (χ0v) is 21.5. The summed E-state index contributed by atoms with van der Waals surface area (Å²) in [5, 5.41) is 34.8. The summed E-state index contributed by atoms with van der Waals surface area (Å²) in [7, 11) is 0. The largest absolute Gasteiger partial charge is 0.508 e. The summed E-state index contributed by atoms with van der Waals surface area (Å²) in [6.45, 7) is 0. The van der Waals surface area contributed by atoms with Crippen molar-refractivity contribution in [2.75, 3.05) is 12.0 Å². The summed E-state index contributed by atoms with van der Waals surface area (Å²) in [5.41, 5.74) is 11.4. The summed E-state index contributed by atoms with van der Waals surface area (Å²) in [6.07, 6.45) is 0.484. The molecular weight excluding hydrogens is 522 g/mol. The van der Waals surface area contributed by atoms with Crippen molar-refractivity contribution >= 4 is 47.3 Å². The highest BCUT2D eigenvalue weighted by molar-refractivity contribution is 7.98. The first kappa shape index (κ1) is 32.2. The first-order valence-corrected chi connectivity index (χ1v) is 12.9. The van der Waals surface area contributed by atoms with E-state index in [0.29, 0.717) is 11.3 Å². The van der Waals surface area contributed by atoms with E-state index >= 15 is 0 Å². The van der Waals surface area contributed by atoms with Crippen LogP contribution in [-0.2, 0) is 35.2 Å². The Bertz CT molecular complexity index is 1010. The summed E-state index contributed by atoms with van der Waals surface area (Å²) in [5.74, 6) is -5.70. The molecule has 10 N–H and O–H groups in total. The molecule has 0 saturated heterocycles. The van der Waals surface area contributed by atoms with Gasteiger partial charge in [-0.15, -0.1) is 0 Å². The van der Waals surface area contributed by atoms with Gasteiger partial charge >= 0.3 is 11.9 Å². The van der Waals surface area contributed by atoms with Gasteiger partial charge in [0.2, 0.25) is 23.6 Å². The highest BCUT2D eigenvalue weighted by atomic mass is 32.2. The zero-order chi connectivity index (χ0) is 28.8. The molecule has 4 atom stereocenters. The van der Waals surface area contributed by atoms with Crippen molar-refractivity contribution in [3.63, 3.8) is 0 Å². The number of rotatable bonds is 17. The standard InChI is InChI=1S/C23H33N5O9S/c1-38-9-8-15(23(36)37)26-21(34)16(10-12-2-4-13(29)5-3-12)28-22(35)17(11-18(25)30)27-20(33)14(24)6-7-19(31)32/h2-5,14-17,29H,6-11,24H2,1H3,(H2,25,30)(H,26,34)(H,27,33)(H,28,35)(H,31,32)(H,36,37). The third-order valence-corrected chi connectivity index (χ3v) is 5.92. The maximum atomic E-state index is 13.1. The number of carboxylic acids is 2. The maximum absolute atomic E-state index is 13.1. The Morgan fingerprint density at radius 3 is 1.95 bits per heavy atom. The SMILES string of the molecule is CSCCC(NC(=O)C(Cc1ccc(O)cc1)NC(=O)C(CC(N)=O)NC(=O)C(N)CCC(=O)O)C(=O)O. The zero-order valence-electron chi connectivity index (χ0n) is 20.7. The number of hydrogen-bond donors (Lipinski definition) is 8. The summed E-state index contributed by atoms with van der Waals surface area (Å²) < 4.78 is 0. The van der Waals surface area contributed by atoms with Gasteiger partial charge in [-0.1, -0.05) is 12.1 Å². The van der Waals surface area contributed by atoms with Crippen LogP contribution in [0, 0.1) is 0 Å². The van der Waals surface area contributed by atoms with E-state index in [2.05, 4.69) is 16.0 Å². The Hall–Kier alpha value is -3.85. The van der Waals surface area contributed by atoms with Crippen LogP contribution in [0.25, 0.3) is 0 Å². The number of carboxylic acid groups (broad SMARTS) is 2. The summed E-state index contributed by atoms with van der Waals surface area (Å²) >= 11 is 1.39. The predicted molar refractivity (Wildman–Crippen MR) is 137 cm³/mol.